The molecule has 2 rings (SSSR count). The number of hydrazine groups is 1. The van der Waals surface area contributed by atoms with Crippen LogP contribution in [-0.4, -0.2) is 17.5 Å². The largest absolute Gasteiger partial charge is 0.368 e. The summed E-state index contributed by atoms with van der Waals surface area (Å²) in [6.07, 6.45) is 4.55. The van der Waals surface area contributed by atoms with Crippen molar-refractivity contribution in [2.45, 2.75) is 38.6 Å². The Balaban J connectivity index is 2.36. The highest BCUT2D eigenvalue weighted by molar-refractivity contribution is 5.64. The fraction of sp³-hybridized carbons (Fsp3) is 0.538. The van der Waals surface area contributed by atoms with E-state index < -0.39 is 0 Å². The van der Waals surface area contributed by atoms with Crippen molar-refractivity contribution in [3.05, 3.63) is 28.3 Å². The molecular weight excluding hydrogens is 244 g/mol. The van der Waals surface area contributed by atoms with E-state index in [2.05, 4.69) is 17.2 Å². The Morgan fingerprint density at radius 3 is 2.89 bits per heavy atom. The Morgan fingerprint density at radius 2 is 2.26 bits per heavy atom. The zero-order chi connectivity index (χ0) is 13.8. The van der Waals surface area contributed by atoms with Crippen LogP contribution in [0.2, 0.25) is 0 Å². The Morgan fingerprint density at radius 1 is 1.47 bits per heavy atom. The molecule has 19 heavy (non-hydrogen) atoms. The summed E-state index contributed by atoms with van der Waals surface area (Å²) in [4.78, 5) is 12.9. The second kappa shape index (κ2) is 5.88. The van der Waals surface area contributed by atoms with Crippen LogP contribution in [0, 0.1) is 10.1 Å². The summed E-state index contributed by atoms with van der Waals surface area (Å²) in [6, 6.07) is 5.42. The molecule has 0 saturated carbocycles. The number of nitrogens with two attached hydrogens (primary N) is 1. The lowest BCUT2D eigenvalue weighted by atomic mass is 9.99. The Hall–Kier alpha value is -1.82. The Kier molecular flexibility index (Phi) is 4.21. The molecule has 0 aliphatic carbocycles. The van der Waals surface area contributed by atoms with E-state index in [4.69, 9.17) is 5.84 Å². The third-order valence-electron chi connectivity index (χ3n) is 3.71. The molecule has 1 atom stereocenters. The first kappa shape index (κ1) is 13.6. The molecule has 1 fully saturated rings. The topological polar surface area (TPSA) is 84.4 Å². The maximum atomic E-state index is 11.0. The van der Waals surface area contributed by atoms with Crippen LogP contribution in [0.5, 0.6) is 0 Å². The number of benzene rings is 1. The van der Waals surface area contributed by atoms with Gasteiger partial charge in [0, 0.05) is 30.4 Å². The minimum absolute atomic E-state index is 0.0749. The van der Waals surface area contributed by atoms with E-state index in [9.17, 15) is 10.1 Å². The van der Waals surface area contributed by atoms with Crippen molar-refractivity contribution in [1.29, 1.82) is 0 Å². The average Bonchev–Trinajstić information content (AvgIpc) is 2.46. The third-order valence-corrected chi connectivity index (χ3v) is 3.71. The molecule has 104 valence electrons. The number of hydrogen-bond acceptors (Lipinski definition) is 5. The van der Waals surface area contributed by atoms with Gasteiger partial charge in [-0.2, -0.15) is 0 Å². The number of nitrogens with zero attached hydrogens (tertiary/aromatic N) is 2. The molecule has 0 aromatic heterocycles. The zero-order valence-electron chi connectivity index (χ0n) is 11.1. The first-order valence-electron chi connectivity index (χ1n) is 6.68. The molecule has 6 nitrogen and oxygen atoms in total. The van der Waals surface area contributed by atoms with Gasteiger partial charge in [-0.3, -0.25) is 16.0 Å². The van der Waals surface area contributed by atoms with E-state index >= 15 is 0 Å². The Labute approximate surface area is 112 Å². The van der Waals surface area contributed by atoms with Gasteiger partial charge in [0.1, 0.15) is 0 Å². The number of rotatable bonds is 4. The van der Waals surface area contributed by atoms with Gasteiger partial charge in [0.15, 0.2) is 0 Å². The van der Waals surface area contributed by atoms with Gasteiger partial charge in [-0.15, -0.1) is 0 Å². The van der Waals surface area contributed by atoms with E-state index in [-0.39, 0.29) is 10.6 Å². The number of piperidine rings is 1. The van der Waals surface area contributed by atoms with Gasteiger partial charge < -0.3 is 10.3 Å². The minimum atomic E-state index is -0.380. The van der Waals surface area contributed by atoms with Crippen LogP contribution >= 0.6 is 0 Å². The minimum Gasteiger partial charge on any atom is -0.368 e. The number of hydrogen-bond donors (Lipinski definition) is 2. The van der Waals surface area contributed by atoms with Crippen molar-refractivity contribution in [2.24, 2.45) is 5.84 Å². The number of nitrogens with one attached hydrogen (secondary N) is 1. The lowest BCUT2D eigenvalue weighted by Crippen LogP contribution is -2.39. The van der Waals surface area contributed by atoms with Gasteiger partial charge >= 0.3 is 0 Å². The molecule has 1 unspecified atom stereocenters. The summed E-state index contributed by atoms with van der Waals surface area (Å²) in [5.41, 5.74) is 4.04. The van der Waals surface area contributed by atoms with Crippen molar-refractivity contribution in [1.82, 2.24) is 0 Å². The van der Waals surface area contributed by atoms with E-state index in [1.54, 1.807) is 6.07 Å². The highest BCUT2D eigenvalue weighted by Crippen LogP contribution is 2.31. The molecule has 0 bridgehead atoms. The molecule has 1 aliphatic heterocycles. The fourth-order valence-electron chi connectivity index (χ4n) is 2.71. The molecule has 1 heterocycles. The molecule has 0 spiro atoms. The van der Waals surface area contributed by atoms with Crippen molar-refractivity contribution in [2.75, 3.05) is 16.9 Å². The van der Waals surface area contributed by atoms with Crippen LogP contribution in [0.15, 0.2) is 18.2 Å². The van der Waals surface area contributed by atoms with E-state index in [1.807, 2.05) is 6.07 Å². The van der Waals surface area contributed by atoms with Crippen molar-refractivity contribution < 1.29 is 4.92 Å². The van der Waals surface area contributed by atoms with Gasteiger partial charge in [0.25, 0.3) is 5.69 Å². The quantitative estimate of drug-likeness (QED) is 0.496. The van der Waals surface area contributed by atoms with Gasteiger partial charge in [-0.05, 0) is 31.7 Å². The molecular formula is C13H20N4O2. The molecule has 1 aliphatic rings. The second-order valence-corrected chi connectivity index (χ2v) is 4.89. The van der Waals surface area contributed by atoms with Crippen LogP contribution < -0.4 is 16.2 Å². The third kappa shape index (κ3) is 2.96. The average molecular weight is 264 g/mol. The van der Waals surface area contributed by atoms with Gasteiger partial charge in [-0.1, -0.05) is 6.92 Å². The van der Waals surface area contributed by atoms with Crippen molar-refractivity contribution in [3.63, 3.8) is 0 Å². The maximum Gasteiger partial charge on any atom is 0.273 e. The number of non-ortho nitro benzene ring substituents is 1. The Bertz CT molecular complexity index is 464. The summed E-state index contributed by atoms with van der Waals surface area (Å²) in [7, 11) is 0. The summed E-state index contributed by atoms with van der Waals surface area (Å²) in [6.45, 7) is 3.10. The maximum absolute atomic E-state index is 11.0. The molecule has 1 saturated heterocycles. The van der Waals surface area contributed by atoms with Gasteiger partial charge in [0.2, 0.25) is 0 Å². The van der Waals surface area contributed by atoms with Gasteiger partial charge in [0.05, 0.1) is 10.6 Å². The predicted molar refractivity (Wildman–Crippen MR) is 76.2 cm³/mol. The standard InChI is InChI=1S/C13H20N4O2/c1-2-11-5-3-4-6-16(11)12-7-10(15-14)8-13(9-12)17(18)19/h7-9,11,15H,2-6,14H2,1H3. The monoisotopic (exact) mass is 264 g/mol. The van der Waals surface area contributed by atoms with Crippen LogP contribution in [-0.2, 0) is 0 Å². The SMILES string of the molecule is CCC1CCCCN1c1cc(NN)cc([N+](=O)[O-])c1. The number of anilines is 2. The molecule has 3 N–H and O–H groups in total. The first-order chi connectivity index (χ1) is 9.15. The lowest BCUT2D eigenvalue weighted by Gasteiger charge is -2.37. The molecule has 0 amide bonds. The molecule has 1 aromatic rings. The summed E-state index contributed by atoms with van der Waals surface area (Å²) >= 11 is 0. The molecule has 6 heteroatoms. The van der Waals surface area contributed by atoms with Crippen LogP contribution in [0.3, 0.4) is 0 Å². The van der Waals surface area contributed by atoms with Crippen molar-refractivity contribution in [3.8, 4) is 0 Å². The number of nitro benzene ring substituents is 1. The molecule has 0 radical (unpaired) electrons. The smallest absolute Gasteiger partial charge is 0.273 e. The van der Waals surface area contributed by atoms with Crippen molar-refractivity contribution >= 4 is 17.1 Å². The van der Waals surface area contributed by atoms with Crippen LogP contribution in [0.1, 0.15) is 32.6 Å². The second-order valence-electron chi connectivity index (χ2n) is 4.89. The highest BCUT2D eigenvalue weighted by atomic mass is 16.6. The number of nitrogen functional groups attached to an aromatic ring is 1. The van der Waals surface area contributed by atoms with Crippen LogP contribution in [0.4, 0.5) is 17.1 Å². The zero-order valence-corrected chi connectivity index (χ0v) is 11.1. The summed E-state index contributed by atoms with van der Waals surface area (Å²) < 4.78 is 0. The van der Waals surface area contributed by atoms with E-state index in [0.717, 1.165) is 31.5 Å². The fourth-order valence-corrected chi connectivity index (χ4v) is 2.71. The van der Waals surface area contributed by atoms with E-state index in [0.29, 0.717) is 11.7 Å². The number of nitro groups is 1. The van der Waals surface area contributed by atoms with Gasteiger partial charge in [-0.25, -0.2) is 0 Å². The molecule has 1 aromatic carbocycles. The summed E-state index contributed by atoms with van der Waals surface area (Å²) in [5.74, 6) is 5.39. The van der Waals surface area contributed by atoms with Crippen LogP contribution in [0.25, 0.3) is 0 Å². The first-order valence-corrected chi connectivity index (χ1v) is 6.68. The predicted octanol–water partition coefficient (Wildman–Crippen LogP) is 2.65. The normalized spacial score (nSPS) is 19.3. The van der Waals surface area contributed by atoms with E-state index in [1.165, 1.54) is 12.5 Å². The highest BCUT2D eigenvalue weighted by Gasteiger charge is 2.23. The lowest BCUT2D eigenvalue weighted by molar-refractivity contribution is -0.384. The summed E-state index contributed by atoms with van der Waals surface area (Å²) in [5, 5.41) is 11.0.